The molecule has 1 amide bonds. The molecule has 7 nitrogen and oxygen atoms in total. The van der Waals surface area contributed by atoms with E-state index in [-0.39, 0.29) is 11.8 Å². The van der Waals surface area contributed by atoms with Crippen molar-refractivity contribution >= 4 is 17.2 Å². The Kier molecular flexibility index (Phi) is 4.01. The molecule has 0 bridgehead atoms. The van der Waals surface area contributed by atoms with E-state index in [9.17, 15) is 4.79 Å². The molecule has 22 heavy (non-hydrogen) atoms. The zero-order chi connectivity index (χ0) is 15.4. The number of nitrogens with zero attached hydrogens (tertiary/aromatic N) is 4. The minimum atomic E-state index is -0.263. The molecule has 0 saturated carbocycles. The molecular weight excluding hydrogens is 302 g/mol. The maximum absolute atomic E-state index is 11.8. The summed E-state index contributed by atoms with van der Waals surface area (Å²) >= 11 is 1.21. The van der Waals surface area contributed by atoms with Gasteiger partial charge in [0.1, 0.15) is 11.4 Å². The summed E-state index contributed by atoms with van der Waals surface area (Å²) in [4.78, 5) is 24.4. The minimum absolute atomic E-state index is 0.250. The predicted octanol–water partition coefficient (Wildman–Crippen LogP) is 2.17. The second-order valence-corrected chi connectivity index (χ2v) is 5.03. The highest BCUT2D eigenvalue weighted by Crippen LogP contribution is 2.22. The summed E-state index contributed by atoms with van der Waals surface area (Å²) in [5.74, 6) is 0.363. The normalized spacial score (nSPS) is 10.4. The fourth-order valence-corrected chi connectivity index (χ4v) is 2.35. The molecular formula is C14H11N5O2S. The molecule has 110 valence electrons. The molecule has 3 aromatic rings. The Morgan fingerprint density at radius 3 is 3.05 bits per heavy atom. The number of hydrogen-bond donors (Lipinski definition) is 1. The van der Waals surface area contributed by atoms with Crippen LogP contribution in [0.4, 0.5) is 0 Å². The van der Waals surface area contributed by atoms with Crippen LogP contribution in [0.15, 0.2) is 47.0 Å². The first-order valence-electron chi connectivity index (χ1n) is 6.38. The average Bonchev–Trinajstić information content (AvgIpc) is 3.22. The van der Waals surface area contributed by atoms with E-state index in [1.807, 2.05) is 6.07 Å². The Morgan fingerprint density at radius 2 is 2.27 bits per heavy atom. The van der Waals surface area contributed by atoms with E-state index >= 15 is 0 Å². The molecule has 0 aliphatic rings. The van der Waals surface area contributed by atoms with Crippen molar-refractivity contribution < 1.29 is 9.32 Å². The van der Waals surface area contributed by atoms with E-state index in [1.165, 1.54) is 11.3 Å². The Hall–Kier alpha value is -2.87. The largest absolute Gasteiger partial charge is 0.347 e. The zero-order valence-corrected chi connectivity index (χ0v) is 12.2. The van der Waals surface area contributed by atoms with Gasteiger partial charge in [0.05, 0.1) is 0 Å². The summed E-state index contributed by atoms with van der Waals surface area (Å²) in [6, 6.07) is 5.42. The van der Waals surface area contributed by atoms with Gasteiger partial charge in [-0.25, -0.2) is 4.98 Å². The molecule has 0 aliphatic heterocycles. The Bertz CT molecular complexity index is 796. The average molecular weight is 313 g/mol. The van der Waals surface area contributed by atoms with Crippen molar-refractivity contribution in [1.82, 2.24) is 25.4 Å². The quantitative estimate of drug-likeness (QED) is 0.726. The topological polar surface area (TPSA) is 93.8 Å². The van der Waals surface area contributed by atoms with Crippen molar-refractivity contribution in [2.45, 2.75) is 0 Å². The molecule has 1 N–H and O–H groups in total. The lowest BCUT2D eigenvalue weighted by atomic mass is 10.3. The molecule has 0 spiro atoms. The van der Waals surface area contributed by atoms with Crippen LogP contribution in [0.3, 0.4) is 0 Å². The number of carbonyl (C=O) groups excluding carboxylic acids is 1. The van der Waals surface area contributed by atoms with Crippen LogP contribution in [0.5, 0.6) is 0 Å². The van der Waals surface area contributed by atoms with Crippen molar-refractivity contribution in [2.24, 2.45) is 0 Å². The molecule has 3 heterocycles. The molecule has 0 radical (unpaired) electrons. The number of rotatable bonds is 5. The Balaban J connectivity index is 1.81. The van der Waals surface area contributed by atoms with Gasteiger partial charge in [-0.3, -0.25) is 9.78 Å². The first-order valence-corrected chi connectivity index (χ1v) is 7.26. The first-order chi connectivity index (χ1) is 10.8. The summed E-state index contributed by atoms with van der Waals surface area (Å²) in [5, 5.41) is 8.55. The smallest absolute Gasteiger partial charge is 0.280 e. The van der Waals surface area contributed by atoms with Crippen molar-refractivity contribution in [3.8, 4) is 23.1 Å². The fourth-order valence-electron chi connectivity index (χ4n) is 1.64. The second-order valence-electron chi connectivity index (χ2n) is 4.17. The van der Waals surface area contributed by atoms with Gasteiger partial charge in [-0.05, 0) is 12.1 Å². The zero-order valence-electron chi connectivity index (χ0n) is 11.4. The lowest BCUT2D eigenvalue weighted by Crippen LogP contribution is -2.22. The van der Waals surface area contributed by atoms with Gasteiger partial charge in [0, 0.05) is 18.1 Å². The second kappa shape index (κ2) is 6.27. The van der Waals surface area contributed by atoms with Gasteiger partial charge < -0.3 is 9.84 Å². The molecule has 0 atom stereocenters. The van der Waals surface area contributed by atoms with Gasteiger partial charge in [-0.15, -0.1) is 17.9 Å². The fraction of sp³-hybridized carbons (Fsp3) is 0.0714. The summed E-state index contributed by atoms with van der Waals surface area (Å²) in [6.45, 7) is 3.93. The van der Waals surface area contributed by atoms with Crippen LogP contribution >= 0.6 is 11.3 Å². The summed E-state index contributed by atoms with van der Waals surface area (Å²) in [6.07, 6.45) is 3.25. The van der Waals surface area contributed by atoms with Crippen molar-refractivity contribution in [3.05, 3.63) is 47.4 Å². The van der Waals surface area contributed by atoms with Crippen LogP contribution in [0.2, 0.25) is 0 Å². The Morgan fingerprint density at radius 1 is 1.36 bits per heavy atom. The molecule has 0 saturated heterocycles. The number of pyridine rings is 1. The van der Waals surface area contributed by atoms with Crippen LogP contribution in [0.1, 0.15) is 9.80 Å². The van der Waals surface area contributed by atoms with E-state index in [4.69, 9.17) is 4.52 Å². The van der Waals surface area contributed by atoms with Crippen molar-refractivity contribution in [3.63, 3.8) is 0 Å². The number of amides is 1. The highest BCUT2D eigenvalue weighted by molar-refractivity contribution is 7.12. The lowest BCUT2D eigenvalue weighted by molar-refractivity contribution is 0.0957. The number of thiazole rings is 1. The summed E-state index contributed by atoms with van der Waals surface area (Å²) < 4.78 is 5.17. The van der Waals surface area contributed by atoms with Crippen LogP contribution in [0.25, 0.3) is 23.1 Å². The van der Waals surface area contributed by atoms with Gasteiger partial charge in [-0.1, -0.05) is 17.3 Å². The maximum Gasteiger partial charge on any atom is 0.280 e. The van der Waals surface area contributed by atoms with Gasteiger partial charge >= 0.3 is 0 Å². The highest BCUT2D eigenvalue weighted by Gasteiger charge is 2.16. The highest BCUT2D eigenvalue weighted by atomic mass is 32.1. The van der Waals surface area contributed by atoms with E-state index in [2.05, 4.69) is 32.0 Å². The third kappa shape index (κ3) is 2.91. The predicted molar refractivity (Wildman–Crippen MR) is 81.2 cm³/mol. The van der Waals surface area contributed by atoms with Gasteiger partial charge in [0.15, 0.2) is 5.01 Å². The van der Waals surface area contributed by atoms with Crippen LogP contribution in [-0.2, 0) is 0 Å². The molecule has 3 rings (SSSR count). The van der Waals surface area contributed by atoms with E-state index in [0.717, 1.165) is 0 Å². The molecule has 8 heteroatoms. The Labute approximate surface area is 129 Å². The van der Waals surface area contributed by atoms with Crippen LogP contribution in [0, 0.1) is 0 Å². The molecule has 0 unspecified atom stereocenters. The van der Waals surface area contributed by atoms with Gasteiger partial charge in [-0.2, -0.15) is 4.98 Å². The lowest BCUT2D eigenvalue weighted by Gasteiger charge is -1.96. The summed E-state index contributed by atoms with van der Waals surface area (Å²) in [5.41, 5.74) is 1.07. The van der Waals surface area contributed by atoms with Gasteiger partial charge in [0.25, 0.3) is 11.8 Å². The molecule has 3 aromatic heterocycles. The number of aromatic nitrogens is 4. The van der Waals surface area contributed by atoms with Crippen LogP contribution in [-0.4, -0.2) is 32.6 Å². The number of carbonyl (C=O) groups is 1. The summed E-state index contributed by atoms with van der Waals surface area (Å²) in [7, 11) is 0. The molecule has 0 aliphatic carbocycles. The third-order valence-electron chi connectivity index (χ3n) is 2.64. The molecule has 0 fully saturated rings. The standard InChI is InChI=1S/C14H11N5O2S/c1-2-6-16-12(20)14-17-10(8-22-14)13-18-11(19-21-13)9-5-3-4-7-15-9/h2-5,7-8H,1,6H2,(H,16,20). The first kappa shape index (κ1) is 14.1. The van der Waals surface area contributed by atoms with E-state index < -0.39 is 0 Å². The number of hydrogen-bond acceptors (Lipinski definition) is 7. The number of nitrogens with one attached hydrogen (secondary N) is 1. The third-order valence-corrected chi connectivity index (χ3v) is 3.49. The SMILES string of the molecule is C=CCNC(=O)c1nc(-c2nc(-c3ccccn3)no2)cs1. The van der Waals surface area contributed by atoms with Crippen molar-refractivity contribution in [1.29, 1.82) is 0 Å². The van der Waals surface area contributed by atoms with Crippen molar-refractivity contribution in [2.75, 3.05) is 6.54 Å². The minimum Gasteiger partial charge on any atom is -0.347 e. The van der Waals surface area contributed by atoms with E-state index in [1.54, 1.807) is 29.8 Å². The maximum atomic E-state index is 11.8. The van der Waals surface area contributed by atoms with E-state index in [0.29, 0.717) is 28.8 Å². The van der Waals surface area contributed by atoms with Gasteiger partial charge in [0.2, 0.25) is 5.82 Å². The molecule has 0 aromatic carbocycles. The van der Waals surface area contributed by atoms with Crippen LogP contribution < -0.4 is 5.32 Å². The monoisotopic (exact) mass is 313 g/mol.